The summed E-state index contributed by atoms with van der Waals surface area (Å²) in [4.78, 5) is 0. The molecule has 0 saturated heterocycles. The van der Waals surface area contributed by atoms with Crippen molar-refractivity contribution in [1.82, 2.24) is 5.32 Å². The maximum atomic E-state index is 13.8. The Bertz CT molecular complexity index is 630. The van der Waals surface area contributed by atoms with Crippen molar-refractivity contribution in [1.29, 1.82) is 0 Å². The molecule has 1 atom stereocenters. The summed E-state index contributed by atoms with van der Waals surface area (Å²) in [6.07, 6.45) is 0. The average molecular weight is 352 g/mol. The molecule has 1 unspecified atom stereocenters. The molecule has 2 aromatic rings. The molecule has 0 amide bonds. The first-order valence-electron chi connectivity index (χ1n) is 6.86. The van der Waals surface area contributed by atoms with Crippen molar-refractivity contribution in [2.45, 2.75) is 26.5 Å². The molecule has 0 fully saturated rings. The van der Waals surface area contributed by atoms with Gasteiger partial charge in [-0.2, -0.15) is 0 Å². The second-order valence-electron chi connectivity index (χ2n) is 5.08. The summed E-state index contributed by atoms with van der Waals surface area (Å²) in [6.45, 7) is 4.30. The van der Waals surface area contributed by atoms with E-state index in [1.807, 2.05) is 32.2 Å². The van der Waals surface area contributed by atoms with E-state index in [-0.39, 0.29) is 18.5 Å². The molecule has 0 aliphatic carbocycles. The Labute approximate surface area is 133 Å². The molecule has 0 aliphatic rings. The molecule has 4 heteroatoms. The number of hydrogen-bond acceptors (Lipinski definition) is 2. The average Bonchev–Trinajstić information content (AvgIpc) is 2.45. The lowest BCUT2D eigenvalue weighted by atomic mass is 10.1. The van der Waals surface area contributed by atoms with E-state index >= 15 is 0 Å². The highest BCUT2D eigenvalue weighted by Gasteiger charge is 2.11. The summed E-state index contributed by atoms with van der Waals surface area (Å²) < 4.78 is 20.4. The SMILES string of the molecule is CNC(C)c1ccc(C)cc1OCc1ccc(Br)cc1F. The van der Waals surface area contributed by atoms with Crippen molar-refractivity contribution in [3.05, 3.63) is 63.4 Å². The molecule has 0 aromatic heterocycles. The summed E-state index contributed by atoms with van der Waals surface area (Å²) in [6, 6.07) is 11.3. The zero-order chi connectivity index (χ0) is 15.4. The van der Waals surface area contributed by atoms with Crippen LogP contribution in [0.5, 0.6) is 5.75 Å². The number of halogens is 2. The van der Waals surface area contributed by atoms with Gasteiger partial charge in [0.25, 0.3) is 0 Å². The lowest BCUT2D eigenvalue weighted by molar-refractivity contribution is 0.294. The normalized spacial score (nSPS) is 12.2. The summed E-state index contributed by atoms with van der Waals surface area (Å²) >= 11 is 3.25. The highest BCUT2D eigenvalue weighted by Crippen LogP contribution is 2.27. The van der Waals surface area contributed by atoms with Crippen LogP contribution in [0.3, 0.4) is 0 Å². The van der Waals surface area contributed by atoms with Gasteiger partial charge in [0.15, 0.2) is 0 Å². The zero-order valence-electron chi connectivity index (χ0n) is 12.4. The van der Waals surface area contributed by atoms with Crippen molar-refractivity contribution in [3.8, 4) is 5.75 Å². The lowest BCUT2D eigenvalue weighted by Gasteiger charge is -2.17. The number of ether oxygens (including phenoxy) is 1. The first kappa shape index (κ1) is 16.0. The van der Waals surface area contributed by atoms with E-state index in [1.165, 1.54) is 6.07 Å². The van der Waals surface area contributed by atoms with Gasteiger partial charge in [-0.15, -0.1) is 0 Å². The second-order valence-corrected chi connectivity index (χ2v) is 5.99. The second kappa shape index (κ2) is 7.05. The summed E-state index contributed by atoms with van der Waals surface area (Å²) in [5.41, 5.74) is 2.73. The highest BCUT2D eigenvalue weighted by molar-refractivity contribution is 9.10. The van der Waals surface area contributed by atoms with Crippen LogP contribution >= 0.6 is 15.9 Å². The minimum Gasteiger partial charge on any atom is -0.488 e. The molecule has 21 heavy (non-hydrogen) atoms. The number of hydrogen-bond donors (Lipinski definition) is 1. The van der Waals surface area contributed by atoms with Gasteiger partial charge >= 0.3 is 0 Å². The Kier molecular flexibility index (Phi) is 5.37. The number of aryl methyl sites for hydroxylation is 1. The minimum absolute atomic E-state index is 0.176. The van der Waals surface area contributed by atoms with E-state index in [4.69, 9.17) is 4.74 Å². The molecular formula is C17H19BrFNO. The molecule has 0 bridgehead atoms. The van der Waals surface area contributed by atoms with Crippen LogP contribution in [-0.2, 0) is 6.61 Å². The maximum absolute atomic E-state index is 13.8. The summed E-state index contributed by atoms with van der Waals surface area (Å²) in [5, 5.41) is 3.20. The van der Waals surface area contributed by atoms with E-state index in [2.05, 4.69) is 34.2 Å². The molecule has 2 nitrogen and oxygen atoms in total. The standard InChI is InChI=1S/C17H19BrFNO/c1-11-4-7-15(12(2)20-3)17(8-11)21-10-13-5-6-14(18)9-16(13)19/h4-9,12,20H,10H2,1-3H3. The van der Waals surface area contributed by atoms with Gasteiger partial charge in [0.05, 0.1) is 0 Å². The topological polar surface area (TPSA) is 21.3 Å². The molecule has 0 heterocycles. The van der Waals surface area contributed by atoms with Gasteiger partial charge in [0, 0.05) is 21.6 Å². The van der Waals surface area contributed by atoms with Crippen molar-refractivity contribution < 1.29 is 9.13 Å². The monoisotopic (exact) mass is 351 g/mol. The van der Waals surface area contributed by atoms with E-state index in [1.54, 1.807) is 6.07 Å². The molecule has 2 rings (SSSR count). The largest absolute Gasteiger partial charge is 0.488 e. The maximum Gasteiger partial charge on any atom is 0.130 e. The fourth-order valence-electron chi connectivity index (χ4n) is 2.07. The van der Waals surface area contributed by atoms with Crippen LogP contribution in [0, 0.1) is 12.7 Å². The number of nitrogens with one attached hydrogen (secondary N) is 1. The van der Waals surface area contributed by atoms with Gasteiger partial charge in [0.2, 0.25) is 0 Å². The van der Waals surface area contributed by atoms with Gasteiger partial charge in [0.1, 0.15) is 18.2 Å². The predicted octanol–water partition coefficient (Wildman–Crippen LogP) is 4.76. The van der Waals surface area contributed by atoms with Crippen molar-refractivity contribution >= 4 is 15.9 Å². The Balaban J connectivity index is 2.21. The number of benzene rings is 2. The predicted molar refractivity (Wildman–Crippen MR) is 87.1 cm³/mol. The molecule has 0 saturated carbocycles. The third-order valence-corrected chi connectivity index (χ3v) is 3.96. The summed E-state index contributed by atoms with van der Waals surface area (Å²) in [5.74, 6) is 0.527. The Morgan fingerprint density at radius 2 is 2.00 bits per heavy atom. The fraction of sp³-hybridized carbons (Fsp3) is 0.294. The van der Waals surface area contributed by atoms with E-state index in [0.29, 0.717) is 5.56 Å². The quantitative estimate of drug-likeness (QED) is 0.838. The van der Waals surface area contributed by atoms with Crippen LogP contribution in [-0.4, -0.2) is 7.05 Å². The molecule has 0 spiro atoms. The van der Waals surface area contributed by atoms with Crippen molar-refractivity contribution in [2.24, 2.45) is 0 Å². The van der Waals surface area contributed by atoms with E-state index in [0.717, 1.165) is 21.3 Å². The van der Waals surface area contributed by atoms with E-state index < -0.39 is 0 Å². The Morgan fingerprint density at radius 3 is 2.67 bits per heavy atom. The summed E-state index contributed by atoms with van der Waals surface area (Å²) in [7, 11) is 1.91. The molecule has 0 radical (unpaired) electrons. The van der Waals surface area contributed by atoms with Crippen LogP contribution in [0.15, 0.2) is 40.9 Å². The van der Waals surface area contributed by atoms with Gasteiger partial charge in [-0.3, -0.25) is 0 Å². The minimum atomic E-state index is -0.264. The van der Waals surface area contributed by atoms with Crippen molar-refractivity contribution in [2.75, 3.05) is 7.05 Å². The number of rotatable bonds is 5. The Morgan fingerprint density at radius 1 is 1.24 bits per heavy atom. The first-order valence-corrected chi connectivity index (χ1v) is 7.65. The third kappa shape index (κ3) is 4.05. The molecular weight excluding hydrogens is 333 g/mol. The molecule has 112 valence electrons. The molecule has 1 N–H and O–H groups in total. The van der Waals surface area contributed by atoms with Crippen LogP contribution in [0.4, 0.5) is 4.39 Å². The lowest BCUT2D eigenvalue weighted by Crippen LogP contribution is -2.14. The van der Waals surface area contributed by atoms with Gasteiger partial charge in [-0.05, 0) is 44.7 Å². The van der Waals surface area contributed by atoms with Crippen LogP contribution in [0.2, 0.25) is 0 Å². The van der Waals surface area contributed by atoms with Gasteiger partial charge in [-0.25, -0.2) is 4.39 Å². The third-order valence-electron chi connectivity index (χ3n) is 3.47. The molecule has 2 aromatic carbocycles. The van der Waals surface area contributed by atoms with Crippen LogP contribution in [0.1, 0.15) is 29.7 Å². The Hall–Kier alpha value is -1.39. The van der Waals surface area contributed by atoms with Crippen molar-refractivity contribution in [3.63, 3.8) is 0 Å². The van der Waals surface area contributed by atoms with Gasteiger partial charge < -0.3 is 10.1 Å². The van der Waals surface area contributed by atoms with Crippen LogP contribution < -0.4 is 10.1 Å². The fourth-order valence-corrected chi connectivity index (χ4v) is 2.41. The molecule has 0 aliphatic heterocycles. The zero-order valence-corrected chi connectivity index (χ0v) is 14.0. The first-order chi connectivity index (χ1) is 10.0. The van der Waals surface area contributed by atoms with E-state index in [9.17, 15) is 4.39 Å². The van der Waals surface area contributed by atoms with Crippen LogP contribution in [0.25, 0.3) is 0 Å². The smallest absolute Gasteiger partial charge is 0.130 e. The van der Waals surface area contributed by atoms with Gasteiger partial charge in [-0.1, -0.05) is 34.1 Å². The highest BCUT2D eigenvalue weighted by atomic mass is 79.9.